The number of benzene rings is 2. The molecule has 146 valence electrons. The van der Waals surface area contributed by atoms with Gasteiger partial charge in [0.05, 0.1) is 23.6 Å². The molecule has 0 saturated carbocycles. The first-order valence-electron chi connectivity index (χ1n) is 8.13. The Labute approximate surface area is 155 Å². The van der Waals surface area contributed by atoms with Crippen LogP contribution in [0.15, 0.2) is 48.5 Å². The monoisotopic (exact) mass is 401 g/mol. The second-order valence-corrected chi connectivity index (χ2v) is 8.14. The molecule has 3 rings (SSSR count). The van der Waals surface area contributed by atoms with Crippen LogP contribution in [0.2, 0.25) is 0 Å². The standard InChI is InChI=1S/C18H18F3NO4S/c1-22(14-5-3-2-4-6-14)27(23,24)12-13-7-8-15(25-10-16-11-26-16)9-17(13)18(19,20)21/h2-9,16H,10-12H2,1H3. The Morgan fingerprint density at radius 3 is 2.44 bits per heavy atom. The van der Waals surface area contributed by atoms with Crippen molar-refractivity contribution in [3.63, 3.8) is 0 Å². The van der Waals surface area contributed by atoms with Crippen molar-refractivity contribution in [2.24, 2.45) is 0 Å². The van der Waals surface area contributed by atoms with Crippen LogP contribution in [0.1, 0.15) is 11.1 Å². The van der Waals surface area contributed by atoms with Crippen molar-refractivity contribution in [2.45, 2.75) is 18.0 Å². The highest BCUT2D eigenvalue weighted by atomic mass is 32.2. The summed E-state index contributed by atoms with van der Waals surface area (Å²) in [5.41, 5.74) is -0.988. The Balaban J connectivity index is 1.86. The van der Waals surface area contributed by atoms with Gasteiger partial charge in [-0.05, 0) is 29.8 Å². The van der Waals surface area contributed by atoms with E-state index in [1.165, 1.54) is 13.1 Å². The molecule has 2 aromatic carbocycles. The molecule has 27 heavy (non-hydrogen) atoms. The van der Waals surface area contributed by atoms with Gasteiger partial charge in [-0.15, -0.1) is 0 Å². The number of sulfonamides is 1. The first kappa shape index (κ1) is 19.5. The van der Waals surface area contributed by atoms with E-state index in [4.69, 9.17) is 9.47 Å². The normalized spacial score (nSPS) is 16.8. The first-order valence-corrected chi connectivity index (χ1v) is 9.74. The minimum atomic E-state index is -4.70. The second kappa shape index (κ2) is 7.40. The van der Waals surface area contributed by atoms with E-state index in [0.29, 0.717) is 12.3 Å². The molecule has 2 aromatic rings. The molecule has 1 heterocycles. The number of hydrogen-bond donors (Lipinski definition) is 0. The van der Waals surface area contributed by atoms with E-state index >= 15 is 0 Å². The molecule has 1 aliphatic heterocycles. The molecule has 9 heteroatoms. The summed E-state index contributed by atoms with van der Waals surface area (Å²) in [6.45, 7) is 0.681. The number of para-hydroxylation sites is 1. The van der Waals surface area contributed by atoms with Crippen molar-refractivity contribution < 1.29 is 31.1 Å². The second-order valence-electron chi connectivity index (χ2n) is 6.14. The predicted octanol–water partition coefficient (Wildman–Crippen LogP) is 3.45. The zero-order chi connectivity index (χ0) is 19.7. The fourth-order valence-corrected chi connectivity index (χ4v) is 3.76. The average molecular weight is 401 g/mol. The molecule has 1 unspecified atom stereocenters. The maximum Gasteiger partial charge on any atom is 0.416 e. The smallest absolute Gasteiger partial charge is 0.416 e. The lowest BCUT2D eigenvalue weighted by atomic mass is 10.1. The maximum absolute atomic E-state index is 13.5. The Hall–Kier alpha value is -2.26. The lowest BCUT2D eigenvalue weighted by molar-refractivity contribution is -0.138. The predicted molar refractivity (Wildman–Crippen MR) is 94.1 cm³/mol. The SMILES string of the molecule is CN(c1ccccc1)S(=O)(=O)Cc1ccc(OCC2CO2)cc1C(F)(F)F. The van der Waals surface area contributed by atoms with E-state index in [1.54, 1.807) is 30.3 Å². The molecule has 5 nitrogen and oxygen atoms in total. The van der Waals surface area contributed by atoms with Crippen molar-refractivity contribution in [1.29, 1.82) is 0 Å². The van der Waals surface area contributed by atoms with Gasteiger partial charge in [0, 0.05) is 7.05 Å². The topological polar surface area (TPSA) is 59.1 Å². The van der Waals surface area contributed by atoms with Gasteiger partial charge in [-0.25, -0.2) is 8.42 Å². The first-order chi connectivity index (χ1) is 12.7. The van der Waals surface area contributed by atoms with Crippen LogP contribution in [0, 0.1) is 0 Å². The number of halogens is 3. The van der Waals surface area contributed by atoms with Gasteiger partial charge < -0.3 is 9.47 Å². The highest BCUT2D eigenvalue weighted by molar-refractivity contribution is 7.92. The van der Waals surface area contributed by atoms with E-state index in [1.807, 2.05) is 0 Å². The highest BCUT2D eigenvalue weighted by Crippen LogP contribution is 2.36. The molecule has 0 bridgehead atoms. The molecular weight excluding hydrogens is 383 g/mol. The van der Waals surface area contributed by atoms with Crippen LogP contribution in [0.25, 0.3) is 0 Å². The third-order valence-corrected chi connectivity index (χ3v) is 5.82. The zero-order valence-corrected chi connectivity index (χ0v) is 15.3. The molecular formula is C18H18F3NO4S. The molecule has 0 amide bonds. The Morgan fingerprint density at radius 1 is 1.19 bits per heavy atom. The van der Waals surface area contributed by atoms with Crippen LogP contribution < -0.4 is 9.04 Å². The molecule has 1 saturated heterocycles. The van der Waals surface area contributed by atoms with E-state index in [-0.39, 0.29) is 24.0 Å². The molecule has 0 aromatic heterocycles. The molecule has 0 aliphatic carbocycles. The van der Waals surface area contributed by atoms with Gasteiger partial charge in [-0.3, -0.25) is 4.31 Å². The summed E-state index contributed by atoms with van der Waals surface area (Å²) in [7, 11) is -2.69. The lowest BCUT2D eigenvalue weighted by Crippen LogP contribution is -2.28. The van der Waals surface area contributed by atoms with Gasteiger partial charge in [0.25, 0.3) is 0 Å². The largest absolute Gasteiger partial charge is 0.491 e. The summed E-state index contributed by atoms with van der Waals surface area (Å²) >= 11 is 0. The number of rotatable bonds is 7. The highest BCUT2D eigenvalue weighted by Gasteiger charge is 2.36. The molecule has 1 atom stereocenters. The van der Waals surface area contributed by atoms with Crippen LogP contribution in [0.4, 0.5) is 18.9 Å². The summed E-state index contributed by atoms with van der Waals surface area (Å²) in [5, 5.41) is 0. The Bertz CT molecular complexity index is 897. The van der Waals surface area contributed by atoms with Gasteiger partial charge in [0.1, 0.15) is 18.5 Å². The van der Waals surface area contributed by atoms with Crippen molar-refractivity contribution in [3.8, 4) is 5.75 Å². The third-order valence-electron chi connectivity index (χ3n) is 4.10. The number of hydrogen-bond acceptors (Lipinski definition) is 4. The van der Waals surface area contributed by atoms with E-state index in [2.05, 4.69) is 0 Å². The van der Waals surface area contributed by atoms with E-state index in [9.17, 15) is 21.6 Å². The van der Waals surface area contributed by atoms with Crippen LogP contribution in [0.3, 0.4) is 0 Å². The van der Waals surface area contributed by atoms with Crippen molar-refractivity contribution in [1.82, 2.24) is 0 Å². The molecule has 0 spiro atoms. The van der Waals surface area contributed by atoms with Gasteiger partial charge in [0.2, 0.25) is 10.0 Å². The van der Waals surface area contributed by atoms with Crippen molar-refractivity contribution in [3.05, 3.63) is 59.7 Å². The Morgan fingerprint density at radius 2 is 1.85 bits per heavy atom. The summed E-state index contributed by atoms with van der Waals surface area (Å²) < 4.78 is 76.8. The van der Waals surface area contributed by atoms with Crippen LogP contribution in [-0.2, 0) is 26.7 Å². The molecule has 1 aliphatic rings. The van der Waals surface area contributed by atoms with Crippen LogP contribution in [0.5, 0.6) is 5.75 Å². The number of ether oxygens (including phenoxy) is 2. The van der Waals surface area contributed by atoms with Gasteiger partial charge in [-0.2, -0.15) is 13.2 Å². The van der Waals surface area contributed by atoms with E-state index < -0.39 is 27.5 Å². The minimum absolute atomic E-state index is 0.0235. The van der Waals surface area contributed by atoms with Gasteiger partial charge in [-0.1, -0.05) is 24.3 Å². The number of alkyl halides is 3. The van der Waals surface area contributed by atoms with Crippen molar-refractivity contribution >= 4 is 15.7 Å². The molecule has 1 fully saturated rings. The third kappa shape index (κ3) is 4.92. The van der Waals surface area contributed by atoms with E-state index in [0.717, 1.165) is 16.4 Å². The summed E-state index contributed by atoms with van der Waals surface area (Å²) in [6.07, 6.45) is -4.80. The van der Waals surface area contributed by atoms with Gasteiger partial charge >= 0.3 is 6.18 Å². The van der Waals surface area contributed by atoms with Crippen LogP contribution >= 0.6 is 0 Å². The fourth-order valence-electron chi connectivity index (χ4n) is 2.48. The summed E-state index contributed by atoms with van der Waals surface area (Å²) in [5.74, 6) is -0.755. The van der Waals surface area contributed by atoms with Gasteiger partial charge in [0.15, 0.2) is 0 Å². The zero-order valence-electron chi connectivity index (χ0n) is 14.4. The number of anilines is 1. The number of nitrogens with zero attached hydrogens (tertiary/aromatic N) is 1. The fraction of sp³-hybridized carbons (Fsp3) is 0.333. The minimum Gasteiger partial charge on any atom is -0.491 e. The Kier molecular flexibility index (Phi) is 5.34. The van der Waals surface area contributed by atoms with Crippen molar-refractivity contribution in [2.75, 3.05) is 24.6 Å². The lowest BCUT2D eigenvalue weighted by Gasteiger charge is -2.21. The van der Waals surface area contributed by atoms with Crippen LogP contribution in [-0.4, -0.2) is 34.8 Å². The molecule has 0 radical (unpaired) electrons. The molecule has 0 N–H and O–H groups in total. The average Bonchev–Trinajstić information content (AvgIpc) is 3.44. The number of epoxide rings is 1. The summed E-state index contributed by atoms with van der Waals surface area (Å²) in [4.78, 5) is 0. The quantitative estimate of drug-likeness (QED) is 0.667. The summed E-state index contributed by atoms with van der Waals surface area (Å²) in [6, 6.07) is 11.5. The maximum atomic E-state index is 13.5.